The van der Waals surface area contributed by atoms with E-state index in [0.29, 0.717) is 13.2 Å². The molecule has 1 aromatic carbocycles. The molecule has 0 bridgehead atoms. The Morgan fingerprint density at radius 3 is 2.94 bits per heavy atom. The number of fused-ring (bicyclic) bond motifs is 3. The predicted octanol–water partition coefficient (Wildman–Crippen LogP) is 1.52. The van der Waals surface area contributed by atoms with E-state index in [1.54, 1.807) is 0 Å². The summed E-state index contributed by atoms with van der Waals surface area (Å²) >= 11 is 0. The zero-order chi connectivity index (χ0) is 11.7. The summed E-state index contributed by atoms with van der Waals surface area (Å²) in [5.74, 6) is 0. The molecule has 0 aliphatic carbocycles. The predicted molar refractivity (Wildman–Crippen MR) is 66.4 cm³/mol. The van der Waals surface area contributed by atoms with Crippen molar-refractivity contribution in [3.8, 4) is 5.69 Å². The van der Waals surface area contributed by atoms with Crippen LogP contribution in [-0.4, -0.2) is 23.4 Å². The number of oxime groups is 1. The summed E-state index contributed by atoms with van der Waals surface area (Å²) in [6.07, 6.45) is 2.03. The molecule has 2 aromatic rings. The SMILES string of the molecule is NCCON=C1c2ccccc2-n2cccc21. The van der Waals surface area contributed by atoms with Crippen LogP contribution in [0.3, 0.4) is 0 Å². The molecule has 0 radical (unpaired) electrons. The maximum atomic E-state index is 5.38. The lowest BCUT2D eigenvalue weighted by molar-refractivity contribution is 0.152. The van der Waals surface area contributed by atoms with Gasteiger partial charge in [-0.3, -0.25) is 0 Å². The molecule has 0 atom stereocenters. The highest BCUT2D eigenvalue weighted by atomic mass is 16.6. The largest absolute Gasteiger partial charge is 0.394 e. The van der Waals surface area contributed by atoms with Crippen molar-refractivity contribution in [2.24, 2.45) is 10.9 Å². The Balaban J connectivity index is 2.08. The molecule has 0 unspecified atom stereocenters. The number of aromatic nitrogens is 1. The maximum Gasteiger partial charge on any atom is 0.136 e. The summed E-state index contributed by atoms with van der Waals surface area (Å²) < 4.78 is 2.11. The van der Waals surface area contributed by atoms with Gasteiger partial charge in [-0.2, -0.15) is 0 Å². The van der Waals surface area contributed by atoms with Crippen molar-refractivity contribution >= 4 is 5.71 Å². The van der Waals surface area contributed by atoms with Gasteiger partial charge in [-0.15, -0.1) is 0 Å². The van der Waals surface area contributed by atoms with E-state index in [9.17, 15) is 0 Å². The van der Waals surface area contributed by atoms with E-state index in [1.165, 1.54) is 0 Å². The fourth-order valence-corrected chi connectivity index (χ4v) is 2.06. The highest BCUT2D eigenvalue weighted by Gasteiger charge is 2.24. The normalized spacial score (nSPS) is 14.8. The van der Waals surface area contributed by atoms with Gasteiger partial charge >= 0.3 is 0 Å². The highest BCUT2D eigenvalue weighted by Crippen LogP contribution is 2.28. The molecular formula is C13H13N3O. The Bertz CT molecular complexity index is 572. The van der Waals surface area contributed by atoms with Crippen LogP contribution >= 0.6 is 0 Å². The van der Waals surface area contributed by atoms with Crippen LogP contribution in [0.4, 0.5) is 0 Å². The molecule has 0 saturated heterocycles. The third-order valence-corrected chi connectivity index (χ3v) is 2.78. The maximum absolute atomic E-state index is 5.38. The first kappa shape index (κ1) is 10.1. The van der Waals surface area contributed by atoms with Crippen molar-refractivity contribution in [2.45, 2.75) is 0 Å². The van der Waals surface area contributed by atoms with E-state index in [1.807, 2.05) is 36.5 Å². The van der Waals surface area contributed by atoms with Crippen LogP contribution in [0, 0.1) is 0 Å². The summed E-state index contributed by atoms with van der Waals surface area (Å²) in [5, 5.41) is 4.18. The molecular weight excluding hydrogens is 214 g/mol. The number of para-hydroxylation sites is 1. The molecule has 3 rings (SSSR count). The third-order valence-electron chi connectivity index (χ3n) is 2.78. The van der Waals surface area contributed by atoms with Gasteiger partial charge in [0.2, 0.25) is 0 Å². The lowest BCUT2D eigenvalue weighted by atomic mass is 10.1. The van der Waals surface area contributed by atoms with Gasteiger partial charge in [0.15, 0.2) is 0 Å². The minimum Gasteiger partial charge on any atom is -0.394 e. The molecule has 17 heavy (non-hydrogen) atoms. The van der Waals surface area contributed by atoms with Gasteiger partial charge in [-0.05, 0) is 18.2 Å². The Morgan fingerprint density at radius 1 is 1.18 bits per heavy atom. The third kappa shape index (κ3) is 1.54. The zero-order valence-corrected chi connectivity index (χ0v) is 9.34. The standard InChI is InChI=1S/C13H13N3O/c14-7-9-17-15-13-10-4-1-2-5-11(10)16-8-3-6-12(13)16/h1-6,8H,7,9,14H2. The summed E-state index contributed by atoms with van der Waals surface area (Å²) in [5.41, 5.74) is 9.55. The van der Waals surface area contributed by atoms with Crippen LogP contribution in [0.1, 0.15) is 11.3 Å². The number of nitrogens with two attached hydrogens (primary N) is 1. The van der Waals surface area contributed by atoms with Gasteiger partial charge in [-0.25, -0.2) is 0 Å². The molecule has 0 amide bonds. The lowest BCUT2D eigenvalue weighted by Gasteiger charge is -2.00. The topological polar surface area (TPSA) is 52.5 Å². The van der Waals surface area contributed by atoms with Crippen molar-refractivity contribution < 1.29 is 4.84 Å². The average Bonchev–Trinajstić information content (AvgIpc) is 2.92. The van der Waals surface area contributed by atoms with Crippen LogP contribution in [-0.2, 0) is 4.84 Å². The molecule has 0 saturated carbocycles. The van der Waals surface area contributed by atoms with Gasteiger partial charge in [-0.1, -0.05) is 23.4 Å². The van der Waals surface area contributed by atoms with Crippen molar-refractivity contribution in [1.82, 2.24) is 4.57 Å². The Morgan fingerprint density at radius 2 is 2.06 bits per heavy atom. The van der Waals surface area contributed by atoms with E-state index in [-0.39, 0.29) is 0 Å². The van der Waals surface area contributed by atoms with Crippen LogP contribution in [0.5, 0.6) is 0 Å². The number of benzene rings is 1. The van der Waals surface area contributed by atoms with Gasteiger partial charge < -0.3 is 15.1 Å². The number of nitrogens with zero attached hydrogens (tertiary/aromatic N) is 2. The molecule has 1 aromatic heterocycles. The quantitative estimate of drug-likeness (QED) is 0.545. The van der Waals surface area contributed by atoms with Crippen molar-refractivity contribution in [3.05, 3.63) is 53.9 Å². The van der Waals surface area contributed by atoms with Crippen LogP contribution in [0.25, 0.3) is 5.69 Å². The Labute approximate surface area is 99.3 Å². The minimum atomic E-state index is 0.437. The Hall–Kier alpha value is -2.07. The van der Waals surface area contributed by atoms with Gasteiger partial charge in [0, 0.05) is 18.3 Å². The molecule has 0 fully saturated rings. The molecule has 1 aliphatic heterocycles. The van der Waals surface area contributed by atoms with Gasteiger partial charge in [0.25, 0.3) is 0 Å². The summed E-state index contributed by atoms with van der Waals surface area (Å²) in [4.78, 5) is 5.20. The van der Waals surface area contributed by atoms with E-state index in [4.69, 9.17) is 10.6 Å². The van der Waals surface area contributed by atoms with Crippen LogP contribution in [0.2, 0.25) is 0 Å². The summed E-state index contributed by atoms with van der Waals surface area (Å²) in [6.45, 7) is 0.909. The highest BCUT2D eigenvalue weighted by molar-refractivity contribution is 6.17. The first-order chi connectivity index (χ1) is 8.42. The van der Waals surface area contributed by atoms with Crippen molar-refractivity contribution in [3.63, 3.8) is 0 Å². The molecule has 4 nitrogen and oxygen atoms in total. The van der Waals surface area contributed by atoms with E-state index in [0.717, 1.165) is 22.7 Å². The molecule has 4 heteroatoms. The molecule has 0 spiro atoms. The fraction of sp³-hybridized carbons (Fsp3) is 0.154. The van der Waals surface area contributed by atoms with E-state index < -0.39 is 0 Å². The summed E-state index contributed by atoms with van der Waals surface area (Å²) in [6, 6.07) is 12.2. The van der Waals surface area contributed by atoms with E-state index in [2.05, 4.69) is 15.8 Å². The second kappa shape index (κ2) is 4.07. The minimum absolute atomic E-state index is 0.437. The zero-order valence-electron chi connectivity index (χ0n) is 9.34. The smallest absolute Gasteiger partial charge is 0.136 e. The van der Waals surface area contributed by atoms with Crippen molar-refractivity contribution in [1.29, 1.82) is 0 Å². The monoisotopic (exact) mass is 227 g/mol. The number of rotatable bonds is 3. The Kier molecular flexibility index (Phi) is 2.42. The molecule has 86 valence electrons. The molecule has 2 N–H and O–H groups in total. The van der Waals surface area contributed by atoms with Crippen molar-refractivity contribution in [2.75, 3.05) is 13.2 Å². The summed E-state index contributed by atoms with van der Waals surface area (Å²) in [7, 11) is 0. The number of hydrogen-bond donors (Lipinski definition) is 1. The second-order valence-electron chi connectivity index (χ2n) is 3.84. The first-order valence-corrected chi connectivity index (χ1v) is 5.59. The number of hydrogen-bond acceptors (Lipinski definition) is 3. The lowest BCUT2D eigenvalue weighted by Crippen LogP contribution is -2.07. The first-order valence-electron chi connectivity index (χ1n) is 5.59. The van der Waals surface area contributed by atoms with Gasteiger partial charge in [0.1, 0.15) is 12.3 Å². The molecule has 2 heterocycles. The second-order valence-corrected chi connectivity index (χ2v) is 3.84. The van der Waals surface area contributed by atoms with Gasteiger partial charge in [0.05, 0.1) is 11.4 Å². The average molecular weight is 227 g/mol. The fourth-order valence-electron chi connectivity index (χ4n) is 2.06. The van der Waals surface area contributed by atoms with E-state index >= 15 is 0 Å². The van der Waals surface area contributed by atoms with Crippen LogP contribution < -0.4 is 5.73 Å². The van der Waals surface area contributed by atoms with Crippen LogP contribution in [0.15, 0.2) is 47.8 Å². The molecule has 1 aliphatic rings.